The Hall–Kier alpha value is -0.700. The Kier molecular flexibility index (Phi) is 32.8. The summed E-state index contributed by atoms with van der Waals surface area (Å²) in [7, 11) is 15.0. The third-order valence-corrected chi connectivity index (χ3v) is 13.9. The maximum atomic E-state index is 14.7. The van der Waals surface area contributed by atoms with Gasteiger partial charge < -0.3 is 82.1 Å². The molecule has 406 valence electrons. The van der Waals surface area contributed by atoms with E-state index in [9.17, 15) is 39.6 Å². The Balaban J connectivity index is -0.0000211. The molecule has 16 nitrogen and oxygen atoms in total. The quantitative estimate of drug-likeness (QED) is 0.0227. The van der Waals surface area contributed by atoms with Crippen LogP contribution < -0.4 is 24.8 Å². The zero-order valence-electron chi connectivity index (χ0n) is 43.6. The van der Waals surface area contributed by atoms with Crippen LogP contribution in [0.5, 0.6) is 0 Å². The first-order chi connectivity index (χ1) is 30.0. The number of alkyl halides is 4. The lowest BCUT2D eigenvalue weighted by Gasteiger charge is -2.43. The maximum absolute atomic E-state index is 14.7. The highest BCUT2D eigenvalue weighted by atomic mass is 35.5. The Morgan fingerprint density at radius 1 is 0.426 bits per heavy atom. The number of hydrogen-bond acceptors (Lipinski definition) is 12. The SMILES string of the molecule is CCC(C)(CC(C)(CC(C)(CC(C)(C)C(=O)OCC[N+](C)(C)CC(O)CCl)C(=O)OCC[N+](C)(C)CC(O)CCl)C(=O)OCC[N+](C)(C)CC(O)CCl)C(=O)OCC[N+](C)(C)CC(O)CCl.[Cl-].[Cl-]. The number of hydrogen-bond donors (Lipinski definition) is 4. The molecule has 4 N–H and O–H groups in total. The highest BCUT2D eigenvalue weighted by Gasteiger charge is 2.54. The van der Waals surface area contributed by atoms with Crippen molar-refractivity contribution in [2.45, 2.75) is 91.6 Å². The van der Waals surface area contributed by atoms with Crippen molar-refractivity contribution in [2.75, 3.05) is 159 Å². The average molecular weight is 1100 g/mol. The maximum Gasteiger partial charge on any atom is 0.312 e. The number of ether oxygens (including phenoxy) is 4. The second-order valence-electron chi connectivity index (χ2n) is 22.6. The van der Waals surface area contributed by atoms with Crippen LogP contribution in [0.2, 0.25) is 0 Å². The van der Waals surface area contributed by atoms with E-state index >= 15 is 0 Å². The molecule has 22 heteroatoms. The summed E-state index contributed by atoms with van der Waals surface area (Å²) >= 11 is 23.4. The van der Waals surface area contributed by atoms with Crippen LogP contribution in [0.3, 0.4) is 0 Å². The van der Waals surface area contributed by atoms with Crippen molar-refractivity contribution in [1.82, 2.24) is 0 Å². The number of esters is 4. The highest BCUT2D eigenvalue weighted by Crippen LogP contribution is 2.49. The van der Waals surface area contributed by atoms with Crippen molar-refractivity contribution in [3.8, 4) is 0 Å². The predicted molar refractivity (Wildman–Crippen MR) is 260 cm³/mol. The van der Waals surface area contributed by atoms with Crippen molar-refractivity contribution < 1.29 is 101 Å². The van der Waals surface area contributed by atoms with Gasteiger partial charge in [-0.25, -0.2) is 0 Å². The van der Waals surface area contributed by atoms with Gasteiger partial charge in [0.2, 0.25) is 0 Å². The molecule has 0 heterocycles. The molecule has 0 aromatic carbocycles. The van der Waals surface area contributed by atoms with Crippen LogP contribution in [0.4, 0.5) is 0 Å². The van der Waals surface area contributed by atoms with Gasteiger partial charge in [0.1, 0.15) is 103 Å². The first-order valence-electron chi connectivity index (χ1n) is 22.9. The Morgan fingerprint density at radius 3 is 0.897 bits per heavy atom. The van der Waals surface area contributed by atoms with Crippen LogP contribution in [-0.4, -0.2) is 245 Å². The molecule has 0 radical (unpaired) electrons. The zero-order valence-corrected chi connectivity index (χ0v) is 48.1. The van der Waals surface area contributed by atoms with Crippen molar-refractivity contribution in [2.24, 2.45) is 21.7 Å². The fourth-order valence-electron chi connectivity index (χ4n) is 8.63. The lowest BCUT2D eigenvalue weighted by atomic mass is 9.61. The molecular formula is C46H90Cl6N4O12+2. The summed E-state index contributed by atoms with van der Waals surface area (Å²) in [6, 6.07) is 0. The number of nitrogens with zero attached hydrogens (tertiary/aromatic N) is 4. The second kappa shape index (κ2) is 31.1. The van der Waals surface area contributed by atoms with Crippen molar-refractivity contribution in [3.63, 3.8) is 0 Å². The van der Waals surface area contributed by atoms with Crippen LogP contribution in [0.1, 0.15) is 67.2 Å². The lowest BCUT2D eigenvalue weighted by Crippen LogP contribution is -3.00. The first-order valence-corrected chi connectivity index (χ1v) is 25.1. The third-order valence-electron chi connectivity index (χ3n) is 12.5. The van der Waals surface area contributed by atoms with Gasteiger partial charge in [-0.05, 0) is 60.3 Å². The second-order valence-corrected chi connectivity index (χ2v) is 23.8. The average Bonchev–Trinajstić information content (AvgIpc) is 3.18. The highest BCUT2D eigenvalue weighted by molar-refractivity contribution is 6.18. The minimum absolute atomic E-state index is 0. The molecule has 0 amide bonds. The van der Waals surface area contributed by atoms with Gasteiger partial charge in [-0.3, -0.25) is 19.2 Å². The van der Waals surface area contributed by atoms with Gasteiger partial charge in [-0.15, -0.1) is 46.4 Å². The van der Waals surface area contributed by atoms with E-state index in [1.807, 2.05) is 63.3 Å². The van der Waals surface area contributed by atoms with Gasteiger partial charge in [0.25, 0.3) is 0 Å². The van der Waals surface area contributed by atoms with E-state index in [1.165, 1.54) is 0 Å². The first kappa shape index (κ1) is 71.6. The molecule has 7 atom stereocenters. The third kappa shape index (κ3) is 26.8. The predicted octanol–water partition coefficient (Wildman–Crippen LogP) is -2.50. The molecule has 0 rings (SSSR count). The van der Waals surface area contributed by atoms with Crippen molar-refractivity contribution in [3.05, 3.63) is 0 Å². The summed E-state index contributed by atoms with van der Waals surface area (Å²) in [4.78, 5) is 57.5. The molecule has 0 aromatic heterocycles. The fourth-order valence-corrected chi connectivity index (χ4v) is 9.02. The van der Waals surface area contributed by atoms with E-state index in [4.69, 9.17) is 65.4 Å². The monoisotopic (exact) mass is 1100 g/mol. The van der Waals surface area contributed by atoms with Gasteiger partial charge in [-0.1, -0.05) is 6.92 Å². The minimum atomic E-state index is -1.55. The van der Waals surface area contributed by atoms with Gasteiger partial charge in [0.05, 0.1) is 102 Å². The molecule has 0 aliphatic heterocycles. The van der Waals surface area contributed by atoms with E-state index in [1.54, 1.807) is 34.6 Å². The molecule has 0 aliphatic rings. The van der Waals surface area contributed by atoms with Crippen molar-refractivity contribution >= 4 is 70.3 Å². The summed E-state index contributed by atoms with van der Waals surface area (Å²) in [5.41, 5.74) is -5.65. The largest absolute Gasteiger partial charge is 1.00 e. The van der Waals surface area contributed by atoms with Crippen LogP contribution >= 0.6 is 46.4 Å². The van der Waals surface area contributed by atoms with E-state index < -0.39 is 70.0 Å². The van der Waals surface area contributed by atoms with Crippen LogP contribution in [0, 0.1) is 21.7 Å². The Morgan fingerprint density at radius 2 is 0.647 bits per heavy atom. The molecule has 0 fully saturated rings. The standard InChI is InChI=1S/C46H90Cl4N4O12.2ClH/c1-15-44(4,40(60)64-21-17-52(9,10)29-36(56)25-48)33-46(6,42(62)66-23-19-54(13,14)31-38(58)27-50)34-45(5,41(61)65-22-18-53(11,12)30-37(57)26-49)32-43(2,3)39(59)63-20-16-51(7,8)28-35(55)24-47;;/h35-38,55-58H,15-34H2,1-14H3;2*1H/q+4;;/p-2. The number of carbonyl (C=O) groups excluding carboxylic acids is 4. The van der Waals surface area contributed by atoms with E-state index in [-0.39, 0.29) is 109 Å². The lowest BCUT2D eigenvalue weighted by molar-refractivity contribution is -0.893. The number of halogens is 6. The molecule has 0 bridgehead atoms. The molecule has 0 saturated heterocycles. The van der Waals surface area contributed by atoms with Gasteiger partial charge in [-0.2, -0.15) is 0 Å². The summed E-state index contributed by atoms with van der Waals surface area (Å²) in [5.74, 6) is -2.29. The van der Waals surface area contributed by atoms with Crippen LogP contribution in [-0.2, 0) is 38.1 Å². The normalized spacial score (nSPS) is 17.1. The zero-order chi connectivity index (χ0) is 51.6. The van der Waals surface area contributed by atoms with E-state index in [0.29, 0.717) is 61.3 Å². The minimum Gasteiger partial charge on any atom is -1.00 e. The van der Waals surface area contributed by atoms with Gasteiger partial charge in [0.15, 0.2) is 0 Å². The number of rotatable bonds is 35. The number of aliphatic hydroxyl groups excluding tert-OH is 4. The number of quaternary nitrogens is 4. The molecular weight excluding hydrogens is 1010 g/mol. The smallest absolute Gasteiger partial charge is 0.312 e. The van der Waals surface area contributed by atoms with Crippen molar-refractivity contribution in [1.29, 1.82) is 0 Å². The Labute approximate surface area is 441 Å². The summed E-state index contributed by atoms with van der Waals surface area (Å²) in [5, 5.41) is 40.8. The molecule has 0 spiro atoms. The van der Waals surface area contributed by atoms with Gasteiger partial charge >= 0.3 is 23.9 Å². The van der Waals surface area contributed by atoms with E-state index in [2.05, 4.69) is 0 Å². The number of aliphatic hydroxyl groups is 4. The summed E-state index contributed by atoms with van der Waals surface area (Å²) in [6.45, 7) is 12.8. The van der Waals surface area contributed by atoms with Gasteiger partial charge in [0, 0.05) is 0 Å². The van der Waals surface area contributed by atoms with E-state index in [0.717, 1.165) is 0 Å². The summed E-state index contributed by atoms with van der Waals surface area (Å²) < 4.78 is 25.0. The van der Waals surface area contributed by atoms with Crippen LogP contribution in [0.15, 0.2) is 0 Å². The molecule has 7 unspecified atom stereocenters. The fraction of sp³-hybridized carbons (Fsp3) is 0.913. The molecule has 0 aliphatic carbocycles. The molecule has 0 saturated carbocycles. The summed E-state index contributed by atoms with van der Waals surface area (Å²) in [6.07, 6.45) is -3.21. The Bertz CT molecular complexity index is 1520. The molecule has 0 aromatic rings. The van der Waals surface area contributed by atoms with Crippen LogP contribution in [0.25, 0.3) is 0 Å². The molecule has 68 heavy (non-hydrogen) atoms. The number of carbonyl (C=O) groups is 4. The number of likely N-dealkylation sites (N-methyl/N-ethyl adjacent to an activating group) is 4. The topological polar surface area (TPSA) is 186 Å².